The van der Waals surface area contributed by atoms with E-state index in [1.54, 1.807) is 12.1 Å². The van der Waals surface area contributed by atoms with Gasteiger partial charge in [0, 0.05) is 18.3 Å². The standard InChI is InChI=1S/C17H13F3N2O3/c1-9-7-13(17(18,19)20)12(14(23)21(9)2)8-22-15(24)10-5-3-4-6-11(10)16(22)25/h3-7H,8H2,1-2H3. The Morgan fingerprint density at radius 3 is 2.00 bits per heavy atom. The number of pyridine rings is 1. The number of amides is 2. The Morgan fingerprint density at radius 1 is 1.00 bits per heavy atom. The molecule has 0 spiro atoms. The maximum atomic E-state index is 13.3. The van der Waals surface area contributed by atoms with Crippen molar-refractivity contribution in [3.05, 3.63) is 68.6 Å². The summed E-state index contributed by atoms with van der Waals surface area (Å²) in [7, 11) is 1.34. The predicted octanol–water partition coefficient (Wildman–Crippen LogP) is 2.51. The third-order valence-electron chi connectivity index (χ3n) is 4.27. The van der Waals surface area contributed by atoms with E-state index in [1.807, 2.05) is 0 Å². The molecule has 3 rings (SSSR count). The summed E-state index contributed by atoms with van der Waals surface area (Å²) >= 11 is 0. The van der Waals surface area contributed by atoms with Gasteiger partial charge in [-0.2, -0.15) is 13.2 Å². The van der Waals surface area contributed by atoms with Gasteiger partial charge in [0.1, 0.15) is 0 Å². The molecule has 0 aliphatic carbocycles. The molecule has 0 radical (unpaired) electrons. The molecular formula is C17H13F3N2O3. The maximum absolute atomic E-state index is 13.3. The molecule has 8 heteroatoms. The highest BCUT2D eigenvalue weighted by Crippen LogP contribution is 2.33. The molecule has 5 nitrogen and oxygen atoms in total. The van der Waals surface area contributed by atoms with Crippen LogP contribution >= 0.6 is 0 Å². The summed E-state index contributed by atoms with van der Waals surface area (Å²) < 4.78 is 41.1. The van der Waals surface area contributed by atoms with Crippen molar-refractivity contribution in [2.45, 2.75) is 19.6 Å². The van der Waals surface area contributed by atoms with Gasteiger partial charge < -0.3 is 4.57 Å². The minimum atomic E-state index is -4.77. The lowest BCUT2D eigenvalue weighted by Gasteiger charge is -2.19. The zero-order valence-electron chi connectivity index (χ0n) is 13.3. The van der Waals surface area contributed by atoms with E-state index in [0.717, 1.165) is 10.6 Å². The Labute approximate surface area is 140 Å². The summed E-state index contributed by atoms with van der Waals surface area (Å²) in [5.41, 5.74) is -2.29. The van der Waals surface area contributed by atoms with Gasteiger partial charge in [-0.15, -0.1) is 0 Å². The smallest absolute Gasteiger partial charge is 0.316 e. The number of hydrogen-bond acceptors (Lipinski definition) is 3. The van der Waals surface area contributed by atoms with Crippen LogP contribution in [-0.4, -0.2) is 21.3 Å². The quantitative estimate of drug-likeness (QED) is 0.782. The molecule has 25 heavy (non-hydrogen) atoms. The molecule has 0 saturated heterocycles. The molecule has 1 aliphatic heterocycles. The fraction of sp³-hybridized carbons (Fsp3) is 0.235. The van der Waals surface area contributed by atoms with Gasteiger partial charge in [0.25, 0.3) is 17.4 Å². The number of rotatable bonds is 2. The highest BCUT2D eigenvalue weighted by atomic mass is 19.4. The van der Waals surface area contributed by atoms with Gasteiger partial charge in [0.2, 0.25) is 0 Å². The van der Waals surface area contributed by atoms with E-state index >= 15 is 0 Å². The van der Waals surface area contributed by atoms with Crippen LogP contribution in [0.4, 0.5) is 13.2 Å². The van der Waals surface area contributed by atoms with Crippen LogP contribution in [0, 0.1) is 6.92 Å². The lowest BCUT2D eigenvalue weighted by molar-refractivity contribution is -0.138. The lowest BCUT2D eigenvalue weighted by Crippen LogP contribution is -2.36. The fourth-order valence-electron chi connectivity index (χ4n) is 2.82. The molecule has 2 heterocycles. The average Bonchev–Trinajstić information content (AvgIpc) is 2.79. The van der Waals surface area contributed by atoms with Crippen molar-refractivity contribution >= 4 is 11.8 Å². The van der Waals surface area contributed by atoms with E-state index in [2.05, 4.69) is 0 Å². The van der Waals surface area contributed by atoms with Gasteiger partial charge in [-0.25, -0.2) is 0 Å². The molecule has 2 amide bonds. The van der Waals surface area contributed by atoms with Crippen LogP contribution in [0.2, 0.25) is 0 Å². The Morgan fingerprint density at radius 2 is 1.52 bits per heavy atom. The Balaban J connectivity index is 2.11. The molecule has 1 aliphatic rings. The summed E-state index contributed by atoms with van der Waals surface area (Å²) in [5, 5.41) is 0. The van der Waals surface area contributed by atoms with Gasteiger partial charge in [0.15, 0.2) is 0 Å². The highest BCUT2D eigenvalue weighted by Gasteiger charge is 2.40. The first-order valence-corrected chi connectivity index (χ1v) is 7.35. The average molecular weight is 350 g/mol. The van der Waals surface area contributed by atoms with E-state index in [4.69, 9.17) is 0 Å². The molecule has 1 aromatic heterocycles. The van der Waals surface area contributed by atoms with Gasteiger partial charge in [-0.1, -0.05) is 12.1 Å². The number of alkyl halides is 3. The maximum Gasteiger partial charge on any atom is 0.417 e. The molecule has 0 atom stereocenters. The number of fused-ring (bicyclic) bond motifs is 1. The third-order valence-corrected chi connectivity index (χ3v) is 4.27. The molecule has 0 fully saturated rings. The van der Waals surface area contributed by atoms with Crippen LogP contribution in [0.1, 0.15) is 37.5 Å². The molecule has 0 N–H and O–H groups in total. The Hall–Kier alpha value is -2.90. The molecule has 0 saturated carbocycles. The van der Waals surface area contributed by atoms with Crippen molar-refractivity contribution < 1.29 is 22.8 Å². The summed E-state index contributed by atoms with van der Waals surface area (Å²) in [6, 6.07) is 6.80. The van der Waals surface area contributed by atoms with Crippen LogP contribution in [0.15, 0.2) is 35.1 Å². The monoisotopic (exact) mass is 350 g/mol. The van der Waals surface area contributed by atoms with Gasteiger partial charge >= 0.3 is 6.18 Å². The van der Waals surface area contributed by atoms with Gasteiger partial charge in [-0.3, -0.25) is 19.3 Å². The second-order valence-electron chi connectivity index (χ2n) is 5.78. The van der Waals surface area contributed by atoms with E-state index in [9.17, 15) is 27.6 Å². The molecule has 0 bridgehead atoms. The summed E-state index contributed by atoms with van der Waals surface area (Å²) in [5.74, 6) is -1.42. The largest absolute Gasteiger partial charge is 0.417 e. The van der Waals surface area contributed by atoms with Crippen LogP contribution in [0.3, 0.4) is 0 Å². The van der Waals surface area contributed by atoms with E-state index in [1.165, 1.54) is 26.1 Å². The highest BCUT2D eigenvalue weighted by molar-refractivity contribution is 6.21. The minimum absolute atomic E-state index is 0.116. The molecule has 2 aromatic rings. The first-order chi connectivity index (χ1) is 11.6. The van der Waals surface area contributed by atoms with Gasteiger partial charge in [0.05, 0.1) is 23.2 Å². The molecular weight excluding hydrogens is 337 g/mol. The molecule has 0 unspecified atom stereocenters. The van der Waals surface area contributed by atoms with E-state index in [-0.39, 0.29) is 16.8 Å². The molecule has 130 valence electrons. The minimum Gasteiger partial charge on any atom is -0.316 e. The second kappa shape index (κ2) is 5.58. The van der Waals surface area contributed by atoms with E-state index in [0.29, 0.717) is 4.90 Å². The van der Waals surface area contributed by atoms with Crippen LogP contribution in [0.5, 0.6) is 0 Å². The van der Waals surface area contributed by atoms with Crippen molar-refractivity contribution in [1.29, 1.82) is 0 Å². The number of nitrogens with zero attached hydrogens (tertiary/aromatic N) is 2. The van der Waals surface area contributed by atoms with Crippen molar-refractivity contribution in [3.8, 4) is 0 Å². The van der Waals surface area contributed by atoms with Crippen molar-refractivity contribution in [2.24, 2.45) is 7.05 Å². The SMILES string of the molecule is Cc1cc(C(F)(F)F)c(CN2C(=O)c3ccccc3C2=O)c(=O)n1C. The Kier molecular flexibility index (Phi) is 3.78. The summed E-state index contributed by atoms with van der Waals surface area (Å²) in [4.78, 5) is 37.7. The Bertz CT molecular complexity index is 926. The van der Waals surface area contributed by atoms with Crippen LogP contribution < -0.4 is 5.56 Å². The normalized spacial score (nSPS) is 14.2. The number of hydrogen-bond donors (Lipinski definition) is 0. The third kappa shape index (κ3) is 2.63. The summed E-state index contributed by atoms with van der Waals surface area (Å²) in [6.45, 7) is 0.649. The van der Waals surface area contributed by atoms with Crippen molar-refractivity contribution in [1.82, 2.24) is 9.47 Å². The van der Waals surface area contributed by atoms with Crippen LogP contribution in [-0.2, 0) is 19.8 Å². The number of imide groups is 1. The topological polar surface area (TPSA) is 59.4 Å². The van der Waals surface area contributed by atoms with Gasteiger partial charge in [-0.05, 0) is 25.1 Å². The number of carbonyl (C=O) groups is 2. The first kappa shape index (κ1) is 16.9. The van der Waals surface area contributed by atoms with Crippen molar-refractivity contribution in [3.63, 3.8) is 0 Å². The lowest BCUT2D eigenvalue weighted by atomic mass is 10.1. The number of aryl methyl sites for hydroxylation is 1. The molecule has 1 aromatic carbocycles. The number of halogens is 3. The van der Waals surface area contributed by atoms with Crippen LogP contribution in [0.25, 0.3) is 0 Å². The zero-order valence-corrected chi connectivity index (χ0v) is 13.3. The first-order valence-electron chi connectivity index (χ1n) is 7.35. The fourth-order valence-corrected chi connectivity index (χ4v) is 2.82. The van der Waals surface area contributed by atoms with Crippen molar-refractivity contribution in [2.75, 3.05) is 0 Å². The van der Waals surface area contributed by atoms with E-state index < -0.39 is 41.2 Å². The number of carbonyl (C=O) groups excluding carboxylic acids is 2. The zero-order chi connectivity index (χ0) is 18.5. The predicted molar refractivity (Wildman–Crippen MR) is 82.1 cm³/mol. The number of benzene rings is 1. The second-order valence-corrected chi connectivity index (χ2v) is 5.78. The number of aromatic nitrogens is 1. The summed E-state index contributed by atoms with van der Waals surface area (Å²) in [6.07, 6.45) is -4.77.